The van der Waals surface area contributed by atoms with Gasteiger partial charge in [-0.2, -0.15) is 5.10 Å². The lowest BCUT2D eigenvalue weighted by molar-refractivity contribution is 0.329. The van der Waals surface area contributed by atoms with Crippen LogP contribution < -0.4 is 11.3 Å². The molecule has 0 bridgehead atoms. The van der Waals surface area contributed by atoms with Gasteiger partial charge in [0.1, 0.15) is 0 Å². The molecule has 1 aromatic rings. The molecule has 0 amide bonds. The number of hydrogen-bond donors (Lipinski definition) is 2. The molecule has 18 heavy (non-hydrogen) atoms. The molecule has 104 valence electrons. The summed E-state index contributed by atoms with van der Waals surface area (Å²) in [5, 5.41) is 4.53. The first-order chi connectivity index (χ1) is 8.58. The highest BCUT2D eigenvalue weighted by Gasteiger charge is 2.22. The van der Waals surface area contributed by atoms with Gasteiger partial charge in [-0.3, -0.25) is 16.0 Å². The van der Waals surface area contributed by atoms with Crippen molar-refractivity contribution in [1.82, 2.24) is 15.2 Å². The van der Waals surface area contributed by atoms with Crippen molar-refractivity contribution in [3.63, 3.8) is 0 Å². The van der Waals surface area contributed by atoms with Crippen LogP contribution in [-0.4, -0.2) is 15.8 Å². The Kier molecular flexibility index (Phi) is 6.32. The minimum Gasteiger partial charge on any atom is -0.271 e. The lowest BCUT2D eigenvalue weighted by Crippen LogP contribution is -2.42. The van der Waals surface area contributed by atoms with Crippen molar-refractivity contribution in [3.8, 4) is 0 Å². The normalized spacial score (nSPS) is 13.3. The van der Waals surface area contributed by atoms with E-state index in [0.717, 1.165) is 36.0 Å². The van der Waals surface area contributed by atoms with Gasteiger partial charge in [0.25, 0.3) is 0 Å². The summed E-state index contributed by atoms with van der Waals surface area (Å²) in [5.41, 5.74) is 5.27. The maximum absolute atomic E-state index is 5.73. The highest BCUT2D eigenvalue weighted by Crippen LogP contribution is 2.25. The zero-order valence-electron chi connectivity index (χ0n) is 11.8. The van der Waals surface area contributed by atoms with E-state index in [9.17, 15) is 0 Å². The van der Waals surface area contributed by atoms with E-state index in [0.29, 0.717) is 12.0 Å². The van der Waals surface area contributed by atoms with E-state index >= 15 is 0 Å². The summed E-state index contributed by atoms with van der Waals surface area (Å²) < 4.78 is 3.18. The van der Waals surface area contributed by atoms with Gasteiger partial charge in [0.15, 0.2) is 0 Å². The second-order valence-electron chi connectivity index (χ2n) is 4.72. The Morgan fingerprint density at radius 2 is 1.94 bits per heavy atom. The molecule has 1 rings (SSSR count). The number of aromatic nitrogens is 2. The second kappa shape index (κ2) is 7.26. The van der Waals surface area contributed by atoms with Crippen molar-refractivity contribution in [1.29, 1.82) is 0 Å². The molecule has 0 aliphatic heterocycles. The first-order valence-electron chi connectivity index (χ1n) is 6.76. The maximum atomic E-state index is 5.73. The van der Waals surface area contributed by atoms with E-state index in [1.54, 1.807) is 0 Å². The summed E-state index contributed by atoms with van der Waals surface area (Å²) in [6.07, 6.45) is 3.20. The standard InChI is InChI=1S/C13H25BrN4/c1-5-10(6-2)11(16-15)8-12-13(14)9(4)17-18(12)7-3/h10-11,16H,5-8,15H2,1-4H3. The van der Waals surface area contributed by atoms with Crippen LogP contribution in [0.3, 0.4) is 0 Å². The van der Waals surface area contributed by atoms with Crippen LogP contribution in [0, 0.1) is 12.8 Å². The van der Waals surface area contributed by atoms with E-state index in [2.05, 4.69) is 51.9 Å². The largest absolute Gasteiger partial charge is 0.271 e. The lowest BCUT2D eigenvalue weighted by Gasteiger charge is -2.25. The highest BCUT2D eigenvalue weighted by molar-refractivity contribution is 9.10. The SMILES string of the molecule is CCC(CC)C(Cc1c(Br)c(C)nn1CC)NN. The molecule has 1 aromatic heterocycles. The highest BCUT2D eigenvalue weighted by atomic mass is 79.9. The van der Waals surface area contributed by atoms with E-state index < -0.39 is 0 Å². The molecule has 0 aliphatic rings. The molecule has 4 nitrogen and oxygen atoms in total. The molecule has 0 radical (unpaired) electrons. The number of hydrazine groups is 1. The fraction of sp³-hybridized carbons (Fsp3) is 0.769. The quantitative estimate of drug-likeness (QED) is 0.600. The number of rotatable bonds is 7. The third kappa shape index (κ3) is 3.33. The third-order valence-corrected chi connectivity index (χ3v) is 4.73. The third-order valence-electron chi connectivity index (χ3n) is 3.70. The van der Waals surface area contributed by atoms with Gasteiger partial charge in [0.2, 0.25) is 0 Å². The number of nitrogens with one attached hydrogen (secondary N) is 1. The molecular formula is C13H25BrN4. The molecule has 0 fully saturated rings. The van der Waals surface area contributed by atoms with Gasteiger partial charge in [-0.25, -0.2) is 0 Å². The van der Waals surface area contributed by atoms with Gasteiger partial charge in [-0.05, 0) is 35.7 Å². The molecule has 0 saturated carbocycles. The molecule has 0 saturated heterocycles. The summed E-state index contributed by atoms with van der Waals surface area (Å²) >= 11 is 3.64. The zero-order valence-corrected chi connectivity index (χ0v) is 13.4. The van der Waals surface area contributed by atoms with Gasteiger partial charge >= 0.3 is 0 Å². The van der Waals surface area contributed by atoms with Crippen molar-refractivity contribution >= 4 is 15.9 Å². The summed E-state index contributed by atoms with van der Waals surface area (Å²) in [7, 11) is 0. The van der Waals surface area contributed by atoms with Crippen LogP contribution in [0.2, 0.25) is 0 Å². The smallest absolute Gasteiger partial charge is 0.0738 e. The minimum absolute atomic E-state index is 0.303. The van der Waals surface area contributed by atoms with Crippen LogP contribution in [0.4, 0.5) is 0 Å². The summed E-state index contributed by atoms with van der Waals surface area (Å²) in [6.45, 7) is 9.47. The number of aryl methyl sites for hydroxylation is 2. The topological polar surface area (TPSA) is 55.9 Å². The first kappa shape index (κ1) is 15.7. The number of nitrogens with two attached hydrogens (primary N) is 1. The monoisotopic (exact) mass is 316 g/mol. The van der Waals surface area contributed by atoms with E-state index in [1.807, 2.05) is 6.92 Å². The minimum atomic E-state index is 0.303. The predicted octanol–water partition coefficient (Wildman–Crippen LogP) is 2.78. The molecule has 1 atom stereocenters. The van der Waals surface area contributed by atoms with Gasteiger partial charge < -0.3 is 0 Å². The Morgan fingerprint density at radius 3 is 2.39 bits per heavy atom. The van der Waals surface area contributed by atoms with Crippen LogP contribution in [0.25, 0.3) is 0 Å². The van der Waals surface area contributed by atoms with Crippen LogP contribution in [0.1, 0.15) is 45.0 Å². The lowest BCUT2D eigenvalue weighted by atomic mass is 9.91. The van der Waals surface area contributed by atoms with Crippen LogP contribution >= 0.6 is 15.9 Å². The maximum Gasteiger partial charge on any atom is 0.0738 e. The second-order valence-corrected chi connectivity index (χ2v) is 5.51. The fourth-order valence-corrected chi connectivity index (χ4v) is 2.94. The summed E-state index contributed by atoms with van der Waals surface area (Å²) in [5.74, 6) is 6.33. The summed E-state index contributed by atoms with van der Waals surface area (Å²) in [6, 6.07) is 0.303. The Morgan fingerprint density at radius 1 is 1.33 bits per heavy atom. The molecule has 0 aliphatic carbocycles. The Balaban J connectivity index is 2.93. The first-order valence-corrected chi connectivity index (χ1v) is 7.56. The fourth-order valence-electron chi connectivity index (χ4n) is 2.49. The van der Waals surface area contributed by atoms with Crippen LogP contribution in [-0.2, 0) is 13.0 Å². The average molecular weight is 317 g/mol. The Bertz CT molecular complexity index is 371. The molecule has 1 unspecified atom stereocenters. The number of halogens is 1. The Hall–Kier alpha value is -0.390. The molecular weight excluding hydrogens is 292 g/mol. The molecule has 5 heteroatoms. The Labute approximate surface area is 118 Å². The van der Waals surface area contributed by atoms with Crippen LogP contribution in [0.5, 0.6) is 0 Å². The van der Waals surface area contributed by atoms with E-state index in [-0.39, 0.29) is 0 Å². The molecule has 0 aromatic carbocycles. The number of hydrogen-bond acceptors (Lipinski definition) is 3. The summed E-state index contributed by atoms with van der Waals surface area (Å²) in [4.78, 5) is 0. The van der Waals surface area contributed by atoms with E-state index in [1.165, 1.54) is 5.69 Å². The molecule has 0 spiro atoms. The average Bonchev–Trinajstić information content (AvgIpc) is 2.66. The van der Waals surface area contributed by atoms with Crippen molar-refractivity contribution < 1.29 is 0 Å². The van der Waals surface area contributed by atoms with Crippen molar-refractivity contribution in [3.05, 3.63) is 15.9 Å². The molecule has 1 heterocycles. The van der Waals surface area contributed by atoms with Crippen molar-refractivity contribution in [2.75, 3.05) is 0 Å². The predicted molar refractivity (Wildman–Crippen MR) is 79.2 cm³/mol. The van der Waals surface area contributed by atoms with Crippen molar-refractivity contribution in [2.24, 2.45) is 11.8 Å². The molecule has 3 N–H and O–H groups in total. The van der Waals surface area contributed by atoms with Gasteiger partial charge in [-0.1, -0.05) is 26.7 Å². The van der Waals surface area contributed by atoms with Crippen LogP contribution in [0.15, 0.2) is 4.47 Å². The van der Waals surface area contributed by atoms with Gasteiger partial charge in [0, 0.05) is 19.0 Å². The van der Waals surface area contributed by atoms with E-state index in [4.69, 9.17) is 5.84 Å². The van der Waals surface area contributed by atoms with Gasteiger partial charge in [-0.15, -0.1) is 0 Å². The van der Waals surface area contributed by atoms with Gasteiger partial charge in [0.05, 0.1) is 15.9 Å². The zero-order chi connectivity index (χ0) is 13.7. The van der Waals surface area contributed by atoms with Crippen molar-refractivity contribution in [2.45, 2.75) is 59.5 Å². The number of nitrogens with zero attached hydrogens (tertiary/aromatic N) is 2.